The fraction of sp³-hybridized carbons (Fsp3) is 0.250. The van der Waals surface area contributed by atoms with Crippen LogP contribution in [0.3, 0.4) is 0 Å². The minimum atomic E-state index is 0.0783. The fourth-order valence-corrected chi connectivity index (χ4v) is 4.09. The van der Waals surface area contributed by atoms with Crippen molar-refractivity contribution in [3.05, 3.63) is 71.3 Å². The molecule has 0 saturated carbocycles. The van der Waals surface area contributed by atoms with Crippen molar-refractivity contribution < 1.29 is 4.79 Å². The molecule has 140 valence electrons. The van der Waals surface area contributed by atoms with Gasteiger partial charge in [-0.3, -0.25) is 4.79 Å². The van der Waals surface area contributed by atoms with Gasteiger partial charge >= 0.3 is 0 Å². The molecule has 0 aliphatic rings. The molecule has 3 aromatic rings. The van der Waals surface area contributed by atoms with Crippen LogP contribution in [-0.2, 0) is 17.9 Å². The molecule has 0 saturated heterocycles. The molecule has 1 N–H and O–H groups in total. The molecule has 1 amide bonds. The molecular weight excluding hydrogens is 376 g/mol. The summed E-state index contributed by atoms with van der Waals surface area (Å²) in [6.07, 6.45) is 0. The van der Waals surface area contributed by atoms with Crippen molar-refractivity contribution in [2.75, 3.05) is 18.1 Å². The molecule has 0 aliphatic carbocycles. The van der Waals surface area contributed by atoms with E-state index in [9.17, 15) is 4.79 Å². The van der Waals surface area contributed by atoms with Crippen LogP contribution in [-0.4, -0.2) is 33.8 Å². The van der Waals surface area contributed by atoms with Gasteiger partial charge in [0.05, 0.1) is 5.75 Å². The molecule has 0 fully saturated rings. The third kappa shape index (κ3) is 6.08. The summed E-state index contributed by atoms with van der Waals surface area (Å²) >= 11 is 2.90. The van der Waals surface area contributed by atoms with Crippen LogP contribution in [0.25, 0.3) is 0 Å². The highest BCUT2D eigenvalue weighted by atomic mass is 32.2. The summed E-state index contributed by atoms with van der Waals surface area (Å²) in [6.45, 7) is 3.37. The van der Waals surface area contributed by atoms with Gasteiger partial charge in [0.2, 0.25) is 11.0 Å². The van der Waals surface area contributed by atoms with E-state index in [0.717, 1.165) is 15.0 Å². The van der Waals surface area contributed by atoms with Crippen LogP contribution in [0.5, 0.6) is 0 Å². The van der Waals surface area contributed by atoms with E-state index in [2.05, 4.69) is 58.8 Å². The van der Waals surface area contributed by atoms with Gasteiger partial charge < -0.3 is 10.2 Å². The Kier molecular flexibility index (Phi) is 6.84. The number of hydrogen-bond acceptors (Lipinski definition) is 6. The van der Waals surface area contributed by atoms with Crippen molar-refractivity contribution >= 4 is 34.1 Å². The maximum atomic E-state index is 12.4. The zero-order valence-corrected chi connectivity index (χ0v) is 17.0. The first kappa shape index (κ1) is 19.4. The summed E-state index contributed by atoms with van der Waals surface area (Å²) in [5, 5.41) is 12.3. The maximum absolute atomic E-state index is 12.4. The van der Waals surface area contributed by atoms with Crippen LogP contribution in [0, 0.1) is 6.92 Å². The predicted octanol–water partition coefficient (Wildman–Crippen LogP) is 4.21. The Bertz CT molecular complexity index is 865. The SMILES string of the molecule is Cc1ccc(CN(C)C(=O)CSc2nnc(NCc3ccccc3)s2)cc1. The van der Waals surface area contributed by atoms with E-state index in [4.69, 9.17) is 0 Å². The fourth-order valence-electron chi connectivity index (χ4n) is 2.40. The Balaban J connectivity index is 1.44. The largest absolute Gasteiger partial charge is 0.356 e. The van der Waals surface area contributed by atoms with Crippen LogP contribution in [0.1, 0.15) is 16.7 Å². The normalized spacial score (nSPS) is 10.6. The highest BCUT2D eigenvalue weighted by Gasteiger charge is 2.12. The summed E-state index contributed by atoms with van der Waals surface area (Å²) in [6, 6.07) is 18.4. The Labute approximate surface area is 167 Å². The predicted molar refractivity (Wildman–Crippen MR) is 112 cm³/mol. The Morgan fingerprint density at radius 2 is 1.81 bits per heavy atom. The molecule has 0 radical (unpaired) electrons. The molecule has 0 spiro atoms. The summed E-state index contributed by atoms with van der Waals surface area (Å²) in [7, 11) is 1.83. The molecule has 2 aromatic carbocycles. The monoisotopic (exact) mass is 398 g/mol. The van der Waals surface area contributed by atoms with Crippen molar-refractivity contribution in [2.24, 2.45) is 0 Å². The van der Waals surface area contributed by atoms with Crippen LogP contribution < -0.4 is 5.32 Å². The summed E-state index contributed by atoms with van der Waals surface area (Å²) in [4.78, 5) is 14.1. The lowest BCUT2D eigenvalue weighted by molar-refractivity contribution is -0.127. The third-order valence-corrected chi connectivity index (χ3v) is 5.98. The van der Waals surface area contributed by atoms with Gasteiger partial charge in [0.25, 0.3) is 0 Å². The summed E-state index contributed by atoms with van der Waals surface area (Å²) in [5.74, 6) is 0.435. The number of carbonyl (C=O) groups is 1. The van der Waals surface area contributed by atoms with Gasteiger partial charge in [0, 0.05) is 20.1 Å². The number of nitrogens with one attached hydrogen (secondary N) is 1. The zero-order chi connectivity index (χ0) is 19.1. The van der Waals surface area contributed by atoms with E-state index >= 15 is 0 Å². The highest BCUT2D eigenvalue weighted by molar-refractivity contribution is 8.01. The van der Waals surface area contributed by atoms with Crippen LogP contribution in [0.2, 0.25) is 0 Å². The molecule has 3 rings (SSSR count). The Hall–Kier alpha value is -2.38. The van der Waals surface area contributed by atoms with E-state index in [1.165, 1.54) is 34.2 Å². The van der Waals surface area contributed by atoms with Crippen molar-refractivity contribution in [1.82, 2.24) is 15.1 Å². The van der Waals surface area contributed by atoms with E-state index in [0.29, 0.717) is 18.8 Å². The molecule has 0 unspecified atom stereocenters. The third-order valence-electron chi connectivity index (χ3n) is 3.98. The maximum Gasteiger partial charge on any atom is 0.233 e. The Morgan fingerprint density at radius 3 is 2.56 bits per heavy atom. The molecule has 0 bridgehead atoms. The van der Waals surface area contributed by atoms with Crippen molar-refractivity contribution in [3.8, 4) is 0 Å². The molecule has 0 aliphatic heterocycles. The minimum Gasteiger partial charge on any atom is -0.356 e. The molecule has 1 aromatic heterocycles. The van der Waals surface area contributed by atoms with E-state index in [-0.39, 0.29) is 5.91 Å². The number of aryl methyl sites for hydroxylation is 1. The lowest BCUT2D eigenvalue weighted by atomic mass is 10.1. The zero-order valence-electron chi connectivity index (χ0n) is 15.4. The molecule has 27 heavy (non-hydrogen) atoms. The summed E-state index contributed by atoms with van der Waals surface area (Å²) in [5.41, 5.74) is 3.54. The van der Waals surface area contributed by atoms with Gasteiger partial charge in [0.1, 0.15) is 0 Å². The number of anilines is 1. The lowest BCUT2D eigenvalue weighted by Crippen LogP contribution is -2.27. The van der Waals surface area contributed by atoms with E-state index < -0.39 is 0 Å². The van der Waals surface area contributed by atoms with Gasteiger partial charge in [-0.05, 0) is 18.1 Å². The van der Waals surface area contributed by atoms with Gasteiger partial charge in [-0.15, -0.1) is 10.2 Å². The first-order valence-electron chi connectivity index (χ1n) is 8.64. The minimum absolute atomic E-state index is 0.0783. The average Bonchev–Trinajstić information content (AvgIpc) is 3.15. The Morgan fingerprint density at radius 1 is 1.07 bits per heavy atom. The number of benzene rings is 2. The number of rotatable bonds is 8. The quantitative estimate of drug-likeness (QED) is 0.576. The van der Waals surface area contributed by atoms with Crippen LogP contribution in [0.15, 0.2) is 58.9 Å². The smallest absolute Gasteiger partial charge is 0.233 e. The standard InChI is InChI=1S/C20H22N4OS2/c1-15-8-10-17(11-9-15)13-24(2)18(25)14-26-20-23-22-19(27-20)21-12-16-6-4-3-5-7-16/h3-11H,12-14H2,1-2H3,(H,21,22). The molecule has 1 heterocycles. The second-order valence-corrected chi connectivity index (χ2v) is 8.44. The number of amides is 1. The molecule has 5 nitrogen and oxygen atoms in total. The van der Waals surface area contributed by atoms with Crippen molar-refractivity contribution in [2.45, 2.75) is 24.4 Å². The number of aromatic nitrogens is 2. The van der Waals surface area contributed by atoms with Crippen LogP contribution >= 0.6 is 23.1 Å². The van der Waals surface area contributed by atoms with Gasteiger partial charge in [0.15, 0.2) is 4.34 Å². The number of thioether (sulfide) groups is 1. The molecular formula is C20H22N4OS2. The average molecular weight is 399 g/mol. The van der Waals surface area contributed by atoms with E-state index in [1.807, 2.05) is 25.2 Å². The second-order valence-electron chi connectivity index (χ2n) is 6.24. The van der Waals surface area contributed by atoms with E-state index in [1.54, 1.807) is 4.90 Å². The highest BCUT2D eigenvalue weighted by Crippen LogP contribution is 2.26. The van der Waals surface area contributed by atoms with Gasteiger partial charge in [-0.2, -0.15) is 0 Å². The first-order chi connectivity index (χ1) is 13.1. The lowest BCUT2D eigenvalue weighted by Gasteiger charge is -2.16. The van der Waals surface area contributed by atoms with Gasteiger partial charge in [-0.25, -0.2) is 0 Å². The molecule has 0 atom stereocenters. The molecule has 7 heteroatoms. The number of nitrogens with zero attached hydrogens (tertiary/aromatic N) is 3. The van der Waals surface area contributed by atoms with Crippen molar-refractivity contribution in [3.63, 3.8) is 0 Å². The topological polar surface area (TPSA) is 58.1 Å². The van der Waals surface area contributed by atoms with Crippen LogP contribution in [0.4, 0.5) is 5.13 Å². The number of carbonyl (C=O) groups excluding carboxylic acids is 1. The summed E-state index contributed by atoms with van der Waals surface area (Å²) < 4.78 is 0.794. The first-order valence-corrected chi connectivity index (χ1v) is 10.4. The van der Waals surface area contributed by atoms with Crippen molar-refractivity contribution in [1.29, 1.82) is 0 Å². The second kappa shape index (κ2) is 9.53. The van der Waals surface area contributed by atoms with Gasteiger partial charge in [-0.1, -0.05) is 83.3 Å². The number of hydrogen-bond donors (Lipinski definition) is 1.